The molecule has 2 aliphatic rings. The number of ketones is 1. The van der Waals surface area contributed by atoms with Gasteiger partial charge in [-0.15, -0.1) is 0 Å². The average Bonchev–Trinajstić information content (AvgIpc) is 2.71. The molecule has 2 heterocycles. The van der Waals surface area contributed by atoms with Gasteiger partial charge >= 0.3 is 0 Å². The average molecular weight is 290 g/mol. The summed E-state index contributed by atoms with van der Waals surface area (Å²) in [6.07, 6.45) is -0.450. The van der Waals surface area contributed by atoms with E-state index in [0.29, 0.717) is 6.42 Å². The van der Waals surface area contributed by atoms with E-state index in [0.717, 1.165) is 0 Å². The Bertz CT molecular complexity index is 514. The molecular weight excluding hydrogens is 268 g/mol. The van der Waals surface area contributed by atoms with Crippen LogP contribution in [-0.4, -0.2) is 37.3 Å². The molecule has 0 amide bonds. The van der Waals surface area contributed by atoms with E-state index in [1.807, 2.05) is 25.1 Å². The molecule has 3 rings (SSSR count). The molecule has 2 bridgehead atoms. The van der Waals surface area contributed by atoms with Crippen molar-refractivity contribution in [3.05, 3.63) is 30.3 Å². The highest BCUT2D eigenvalue weighted by Gasteiger charge is 2.57. The van der Waals surface area contributed by atoms with Gasteiger partial charge in [-0.05, 0) is 0 Å². The van der Waals surface area contributed by atoms with Crippen LogP contribution in [0.25, 0.3) is 0 Å². The Labute approximate surface area is 121 Å². The van der Waals surface area contributed by atoms with E-state index < -0.39 is 14.2 Å². The molecule has 5 atom stereocenters. The summed E-state index contributed by atoms with van der Waals surface area (Å²) in [5, 5.41) is 12.0. The summed E-state index contributed by atoms with van der Waals surface area (Å²) >= 11 is 0. The van der Waals surface area contributed by atoms with Crippen molar-refractivity contribution in [2.24, 2.45) is 5.92 Å². The lowest BCUT2D eigenvalue weighted by Crippen LogP contribution is -2.51. The van der Waals surface area contributed by atoms with Gasteiger partial charge in [0.2, 0.25) is 0 Å². The molecule has 1 aromatic carbocycles. The zero-order chi connectivity index (χ0) is 14.5. The minimum Gasteiger partial charge on any atom is -0.390 e. The van der Waals surface area contributed by atoms with E-state index in [4.69, 9.17) is 4.74 Å². The monoisotopic (exact) mass is 290 g/mol. The largest absolute Gasteiger partial charge is 0.390 e. The van der Waals surface area contributed by atoms with E-state index in [9.17, 15) is 9.90 Å². The Kier molecular flexibility index (Phi) is 3.35. The van der Waals surface area contributed by atoms with Crippen molar-refractivity contribution in [2.45, 2.75) is 50.3 Å². The predicted molar refractivity (Wildman–Crippen MR) is 80.8 cm³/mol. The van der Waals surface area contributed by atoms with Crippen molar-refractivity contribution < 1.29 is 14.6 Å². The number of aliphatic hydroxyl groups is 1. The molecule has 0 aliphatic carbocycles. The van der Waals surface area contributed by atoms with Crippen molar-refractivity contribution in [3.63, 3.8) is 0 Å². The van der Waals surface area contributed by atoms with Gasteiger partial charge in [0.1, 0.15) is 5.78 Å². The molecule has 1 aromatic rings. The highest BCUT2D eigenvalue weighted by molar-refractivity contribution is 6.91. The summed E-state index contributed by atoms with van der Waals surface area (Å²) in [4.78, 5) is 12.0. The molecule has 0 spiro atoms. The lowest BCUT2D eigenvalue weighted by Gasteiger charge is -2.34. The van der Waals surface area contributed by atoms with Crippen LogP contribution in [0.2, 0.25) is 18.6 Å². The second-order valence-corrected chi connectivity index (χ2v) is 11.4. The van der Waals surface area contributed by atoms with E-state index in [1.165, 1.54) is 5.19 Å². The maximum Gasteiger partial charge on any atom is 0.140 e. The first-order chi connectivity index (χ1) is 9.43. The van der Waals surface area contributed by atoms with Crippen LogP contribution >= 0.6 is 0 Å². The van der Waals surface area contributed by atoms with Crippen LogP contribution in [0.5, 0.6) is 0 Å². The van der Waals surface area contributed by atoms with Crippen molar-refractivity contribution >= 4 is 19.0 Å². The molecule has 4 heteroatoms. The van der Waals surface area contributed by atoms with Gasteiger partial charge in [0.05, 0.1) is 26.4 Å². The van der Waals surface area contributed by atoms with Crippen molar-refractivity contribution in [2.75, 3.05) is 0 Å². The third-order valence-corrected chi connectivity index (χ3v) is 9.39. The Morgan fingerprint density at radius 1 is 1.25 bits per heavy atom. The normalized spacial score (nSPS) is 37.2. The third-order valence-electron chi connectivity index (χ3n) is 5.19. The molecule has 1 N–H and O–H groups in total. The molecule has 108 valence electrons. The minimum absolute atomic E-state index is 0.0967. The van der Waals surface area contributed by atoms with E-state index in [1.54, 1.807) is 0 Å². The number of Topliss-reactive ketones (excluding diaryl/α,β-unsaturated/α-hetero) is 1. The fourth-order valence-electron chi connectivity index (χ4n) is 3.90. The molecule has 20 heavy (non-hydrogen) atoms. The predicted octanol–water partition coefficient (Wildman–Crippen LogP) is 1.71. The summed E-state index contributed by atoms with van der Waals surface area (Å²) in [5.41, 5.74) is 0.101. The number of fused-ring (bicyclic) bond motifs is 2. The van der Waals surface area contributed by atoms with Crippen LogP contribution in [0.15, 0.2) is 30.3 Å². The Hall–Kier alpha value is -0.973. The van der Waals surface area contributed by atoms with E-state index in [-0.39, 0.29) is 29.5 Å². The molecule has 2 saturated heterocycles. The Morgan fingerprint density at radius 3 is 2.55 bits per heavy atom. The fourth-order valence-corrected chi connectivity index (χ4v) is 7.50. The number of ether oxygens (including phenoxy) is 1. The van der Waals surface area contributed by atoms with Crippen LogP contribution < -0.4 is 5.19 Å². The van der Waals surface area contributed by atoms with Crippen LogP contribution in [0.4, 0.5) is 0 Å². The van der Waals surface area contributed by atoms with Gasteiger partial charge in [-0.25, -0.2) is 0 Å². The molecule has 0 unspecified atom stereocenters. The van der Waals surface area contributed by atoms with Gasteiger partial charge in [-0.3, -0.25) is 4.79 Å². The quantitative estimate of drug-likeness (QED) is 0.844. The van der Waals surface area contributed by atoms with Gasteiger partial charge < -0.3 is 9.84 Å². The lowest BCUT2D eigenvalue weighted by molar-refractivity contribution is -0.139. The SMILES string of the molecule is C[C@@H]1C(=O)C[C@H]2O[C@@H]1[C@H](O)[C@@H]2[Si](C)(C)c1ccccc1. The molecule has 2 fully saturated rings. The van der Waals surface area contributed by atoms with Crippen molar-refractivity contribution in [1.82, 2.24) is 0 Å². The Balaban J connectivity index is 1.96. The number of hydrogen-bond donors (Lipinski definition) is 1. The van der Waals surface area contributed by atoms with Crippen molar-refractivity contribution in [3.8, 4) is 0 Å². The van der Waals surface area contributed by atoms with Gasteiger partial charge in [0, 0.05) is 17.9 Å². The van der Waals surface area contributed by atoms with Gasteiger partial charge in [0.15, 0.2) is 0 Å². The number of hydrogen-bond acceptors (Lipinski definition) is 3. The zero-order valence-electron chi connectivity index (χ0n) is 12.2. The standard InChI is InChI=1S/C16H22O3Si/c1-10-12(17)9-13-16(14(18)15(10)19-13)20(2,3)11-7-5-4-6-8-11/h4-8,10,13-16,18H,9H2,1-3H3/t10-,13-,14+,15+,16-/m1/s1. The first-order valence-electron chi connectivity index (χ1n) is 7.34. The summed E-state index contributed by atoms with van der Waals surface area (Å²) in [7, 11) is -1.88. The molecule has 0 aromatic heterocycles. The molecule has 2 aliphatic heterocycles. The van der Waals surface area contributed by atoms with Crippen molar-refractivity contribution in [1.29, 1.82) is 0 Å². The smallest absolute Gasteiger partial charge is 0.140 e. The highest BCUT2D eigenvalue weighted by Crippen LogP contribution is 2.46. The van der Waals surface area contributed by atoms with E-state index in [2.05, 4.69) is 25.2 Å². The summed E-state index contributed by atoms with van der Waals surface area (Å²) in [5.74, 6) is 0.0671. The summed E-state index contributed by atoms with van der Waals surface area (Å²) < 4.78 is 5.98. The lowest BCUT2D eigenvalue weighted by atomic mass is 9.95. The highest BCUT2D eigenvalue weighted by atomic mass is 28.3. The van der Waals surface area contributed by atoms with Gasteiger partial charge in [-0.2, -0.15) is 0 Å². The summed E-state index contributed by atoms with van der Waals surface area (Å²) in [6, 6.07) is 10.4. The second kappa shape index (κ2) is 4.79. The maximum atomic E-state index is 12.0. The second-order valence-electron chi connectivity index (χ2n) is 6.70. The number of rotatable bonds is 2. The van der Waals surface area contributed by atoms with Crippen LogP contribution in [0.1, 0.15) is 13.3 Å². The number of carbonyl (C=O) groups excluding carboxylic acids is 1. The Morgan fingerprint density at radius 2 is 1.90 bits per heavy atom. The minimum atomic E-state index is -1.88. The van der Waals surface area contributed by atoms with Crippen LogP contribution in [-0.2, 0) is 9.53 Å². The molecular formula is C16H22O3Si. The number of aliphatic hydroxyl groups excluding tert-OH is 1. The number of benzene rings is 1. The maximum absolute atomic E-state index is 12.0. The first-order valence-corrected chi connectivity index (χ1v) is 10.4. The molecule has 3 nitrogen and oxygen atoms in total. The number of carbonyl (C=O) groups is 1. The van der Waals surface area contributed by atoms with Crippen LogP contribution in [0, 0.1) is 5.92 Å². The van der Waals surface area contributed by atoms with Gasteiger partial charge in [-0.1, -0.05) is 55.5 Å². The van der Waals surface area contributed by atoms with E-state index >= 15 is 0 Å². The topological polar surface area (TPSA) is 46.5 Å². The van der Waals surface area contributed by atoms with Gasteiger partial charge in [0.25, 0.3) is 0 Å². The first kappa shape index (κ1) is 14.0. The molecule has 0 radical (unpaired) electrons. The summed E-state index contributed by atoms with van der Waals surface area (Å²) in [6.45, 7) is 6.43. The third kappa shape index (κ3) is 1.98. The molecule has 0 saturated carbocycles. The fraction of sp³-hybridized carbons (Fsp3) is 0.562. The zero-order valence-corrected chi connectivity index (χ0v) is 13.2. The van der Waals surface area contributed by atoms with Crippen LogP contribution in [0.3, 0.4) is 0 Å².